The third kappa shape index (κ3) is 5.42. The molecule has 0 bridgehead atoms. The van der Waals surface area contributed by atoms with Gasteiger partial charge in [-0.05, 0) is 36.2 Å². The Morgan fingerprint density at radius 2 is 2.00 bits per heavy atom. The van der Waals surface area contributed by atoms with Crippen LogP contribution >= 0.6 is 15.9 Å². The number of carbonyl (C=O) groups is 1. The lowest BCUT2D eigenvalue weighted by atomic mass is 10.3. The molecule has 0 aliphatic carbocycles. The first-order valence-corrected chi connectivity index (χ1v) is 7.12. The highest BCUT2D eigenvalue weighted by Gasteiger charge is 2.07. The lowest BCUT2D eigenvalue weighted by Crippen LogP contribution is -2.10. The van der Waals surface area contributed by atoms with Crippen LogP contribution in [-0.4, -0.2) is 35.6 Å². The maximum Gasteiger partial charge on any atom is 0.305 e. The van der Waals surface area contributed by atoms with E-state index in [4.69, 9.17) is 4.74 Å². The van der Waals surface area contributed by atoms with Gasteiger partial charge in [-0.25, -0.2) is 9.97 Å². The third-order valence-electron chi connectivity index (χ3n) is 2.29. The molecular weight excluding hydrogens is 312 g/mol. The molecule has 0 aliphatic rings. The molecule has 0 aliphatic heterocycles. The molecule has 0 aromatic carbocycles. The molecule has 7 heteroatoms. The molecule has 1 rings (SSSR count). The number of halogens is 1. The summed E-state index contributed by atoms with van der Waals surface area (Å²) < 4.78 is 5.66. The monoisotopic (exact) mass is 330 g/mol. The highest BCUT2D eigenvalue weighted by atomic mass is 79.9. The predicted molar refractivity (Wildman–Crippen MR) is 78.3 cm³/mol. The van der Waals surface area contributed by atoms with Gasteiger partial charge in [0.25, 0.3) is 0 Å². The number of rotatable bonds is 8. The SMILES string of the molecule is CCNc1ncnc(NCCCC(=O)OCC)c1Br. The van der Waals surface area contributed by atoms with E-state index in [1.54, 1.807) is 6.92 Å². The van der Waals surface area contributed by atoms with Crippen molar-refractivity contribution in [3.05, 3.63) is 10.8 Å². The minimum absolute atomic E-state index is 0.167. The third-order valence-corrected chi connectivity index (χ3v) is 3.04. The molecule has 0 fully saturated rings. The van der Waals surface area contributed by atoms with Crippen LogP contribution in [-0.2, 0) is 9.53 Å². The van der Waals surface area contributed by atoms with E-state index in [9.17, 15) is 4.79 Å². The molecule has 106 valence electrons. The predicted octanol–water partition coefficient (Wildman–Crippen LogP) is 2.43. The number of carbonyl (C=O) groups excluding carboxylic acids is 1. The Bertz CT molecular complexity index is 415. The highest BCUT2D eigenvalue weighted by molar-refractivity contribution is 9.10. The summed E-state index contributed by atoms with van der Waals surface area (Å²) >= 11 is 3.45. The van der Waals surface area contributed by atoms with E-state index in [2.05, 4.69) is 36.5 Å². The number of aromatic nitrogens is 2. The van der Waals surface area contributed by atoms with E-state index in [0.29, 0.717) is 26.0 Å². The summed E-state index contributed by atoms with van der Waals surface area (Å²) in [6, 6.07) is 0. The number of esters is 1. The molecule has 0 atom stereocenters. The smallest absolute Gasteiger partial charge is 0.305 e. The van der Waals surface area contributed by atoms with Crippen molar-refractivity contribution in [3.8, 4) is 0 Å². The van der Waals surface area contributed by atoms with Crippen LogP contribution in [0, 0.1) is 0 Å². The normalized spacial score (nSPS) is 10.1. The number of hydrogen-bond acceptors (Lipinski definition) is 6. The fraction of sp³-hybridized carbons (Fsp3) is 0.583. The van der Waals surface area contributed by atoms with Crippen LogP contribution in [0.2, 0.25) is 0 Å². The Morgan fingerprint density at radius 3 is 2.63 bits per heavy atom. The molecule has 19 heavy (non-hydrogen) atoms. The summed E-state index contributed by atoms with van der Waals surface area (Å²) in [6.07, 6.45) is 2.60. The fourth-order valence-electron chi connectivity index (χ4n) is 1.46. The van der Waals surface area contributed by atoms with Gasteiger partial charge in [-0.1, -0.05) is 0 Å². The van der Waals surface area contributed by atoms with Crippen molar-refractivity contribution in [1.82, 2.24) is 9.97 Å². The molecule has 1 heterocycles. The number of nitrogens with zero attached hydrogens (tertiary/aromatic N) is 2. The van der Waals surface area contributed by atoms with Gasteiger partial charge in [0.1, 0.15) is 22.4 Å². The Hall–Kier alpha value is -1.37. The highest BCUT2D eigenvalue weighted by Crippen LogP contribution is 2.26. The van der Waals surface area contributed by atoms with Gasteiger partial charge < -0.3 is 15.4 Å². The van der Waals surface area contributed by atoms with Gasteiger partial charge >= 0.3 is 5.97 Å². The topological polar surface area (TPSA) is 76.1 Å². The van der Waals surface area contributed by atoms with E-state index >= 15 is 0 Å². The number of nitrogens with one attached hydrogen (secondary N) is 2. The lowest BCUT2D eigenvalue weighted by molar-refractivity contribution is -0.143. The van der Waals surface area contributed by atoms with Crippen molar-refractivity contribution in [2.75, 3.05) is 30.3 Å². The summed E-state index contributed by atoms with van der Waals surface area (Å²) in [7, 11) is 0. The van der Waals surface area contributed by atoms with E-state index in [1.165, 1.54) is 6.33 Å². The van der Waals surface area contributed by atoms with Crippen LogP contribution in [0.1, 0.15) is 26.7 Å². The van der Waals surface area contributed by atoms with Crippen molar-refractivity contribution in [2.45, 2.75) is 26.7 Å². The van der Waals surface area contributed by atoms with Crippen molar-refractivity contribution < 1.29 is 9.53 Å². The summed E-state index contributed by atoms with van der Waals surface area (Å²) in [5.74, 6) is 1.31. The second-order valence-corrected chi connectivity index (χ2v) is 4.54. The lowest BCUT2D eigenvalue weighted by Gasteiger charge is -2.10. The van der Waals surface area contributed by atoms with Gasteiger partial charge in [-0.2, -0.15) is 0 Å². The zero-order valence-corrected chi connectivity index (χ0v) is 12.8. The molecular formula is C12H19BrN4O2. The molecule has 0 amide bonds. The van der Waals surface area contributed by atoms with Crippen LogP contribution in [0.3, 0.4) is 0 Å². The Kier molecular flexibility index (Phi) is 7.17. The van der Waals surface area contributed by atoms with Crippen molar-refractivity contribution in [2.24, 2.45) is 0 Å². The van der Waals surface area contributed by atoms with Crippen LogP contribution in [0.25, 0.3) is 0 Å². The van der Waals surface area contributed by atoms with Gasteiger partial charge in [0.05, 0.1) is 6.61 Å². The first kappa shape index (κ1) is 15.7. The van der Waals surface area contributed by atoms with Crippen LogP contribution in [0.4, 0.5) is 11.6 Å². The molecule has 0 saturated carbocycles. The second kappa shape index (κ2) is 8.68. The van der Waals surface area contributed by atoms with Gasteiger partial charge in [0, 0.05) is 19.5 Å². The van der Waals surface area contributed by atoms with Gasteiger partial charge in [-0.3, -0.25) is 4.79 Å². The van der Waals surface area contributed by atoms with Crippen LogP contribution in [0.5, 0.6) is 0 Å². The second-order valence-electron chi connectivity index (χ2n) is 3.75. The largest absolute Gasteiger partial charge is 0.466 e. The van der Waals surface area contributed by atoms with Crippen molar-refractivity contribution in [3.63, 3.8) is 0 Å². The molecule has 1 aromatic heterocycles. The molecule has 2 N–H and O–H groups in total. The first-order valence-electron chi connectivity index (χ1n) is 6.32. The Balaban J connectivity index is 2.41. The molecule has 0 unspecified atom stereocenters. The van der Waals surface area contributed by atoms with E-state index < -0.39 is 0 Å². The van der Waals surface area contributed by atoms with E-state index in [-0.39, 0.29) is 5.97 Å². The van der Waals surface area contributed by atoms with Gasteiger partial charge in [0.15, 0.2) is 0 Å². The first-order chi connectivity index (χ1) is 9.19. The maximum atomic E-state index is 11.2. The van der Waals surface area contributed by atoms with E-state index in [1.807, 2.05) is 6.92 Å². The van der Waals surface area contributed by atoms with Crippen LogP contribution < -0.4 is 10.6 Å². The number of hydrogen-bond donors (Lipinski definition) is 2. The standard InChI is InChI=1S/C12H19BrN4O2/c1-3-14-11-10(13)12(17-8-16-11)15-7-5-6-9(18)19-4-2/h8H,3-7H2,1-2H3,(H2,14,15,16,17). The Morgan fingerprint density at radius 1 is 1.32 bits per heavy atom. The summed E-state index contributed by atoms with van der Waals surface area (Å²) in [5, 5.41) is 6.29. The molecule has 1 aromatic rings. The average Bonchev–Trinajstić information content (AvgIpc) is 2.39. The maximum absolute atomic E-state index is 11.2. The molecule has 0 saturated heterocycles. The van der Waals surface area contributed by atoms with Gasteiger partial charge in [0.2, 0.25) is 0 Å². The zero-order chi connectivity index (χ0) is 14.1. The minimum Gasteiger partial charge on any atom is -0.466 e. The number of anilines is 2. The van der Waals surface area contributed by atoms with Crippen LogP contribution in [0.15, 0.2) is 10.8 Å². The zero-order valence-electron chi connectivity index (χ0n) is 11.2. The van der Waals surface area contributed by atoms with E-state index in [0.717, 1.165) is 22.7 Å². The van der Waals surface area contributed by atoms with Crippen molar-refractivity contribution in [1.29, 1.82) is 0 Å². The Labute approximate surface area is 121 Å². The molecule has 6 nitrogen and oxygen atoms in total. The summed E-state index contributed by atoms with van der Waals surface area (Å²) in [5.41, 5.74) is 0. The van der Waals surface area contributed by atoms with Gasteiger partial charge in [-0.15, -0.1) is 0 Å². The van der Waals surface area contributed by atoms with Crippen molar-refractivity contribution >= 4 is 33.5 Å². The minimum atomic E-state index is -0.167. The fourth-order valence-corrected chi connectivity index (χ4v) is 1.94. The summed E-state index contributed by atoms with van der Waals surface area (Å²) in [4.78, 5) is 19.4. The summed E-state index contributed by atoms with van der Waals surface area (Å²) in [6.45, 7) is 5.67. The molecule has 0 radical (unpaired) electrons. The average molecular weight is 331 g/mol. The number of ether oxygens (including phenoxy) is 1. The molecule has 0 spiro atoms. The quantitative estimate of drug-likeness (QED) is 0.563.